The first-order valence-corrected chi connectivity index (χ1v) is 24.4. The number of carboxylic acids is 5. The highest BCUT2D eigenvalue weighted by molar-refractivity contribution is 5.67. The lowest BCUT2D eigenvalue weighted by molar-refractivity contribution is -0.138. The van der Waals surface area contributed by atoms with Crippen molar-refractivity contribution in [2.75, 3.05) is 0 Å². The molecule has 0 heterocycles. The first-order chi connectivity index (χ1) is 28.4. The van der Waals surface area contributed by atoms with E-state index in [9.17, 15) is 24.0 Å². The summed E-state index contributed by atoms with van der Waals surface area (Å²) in [6.07, 6.45) is 42.0. The summed E-state index contributed by atoms with van der Waals surface area (Å²) >= 11 is 0. The zero-order chi connectivity index (χ0) is 45.5. The summed E-state index contributed by atoms with van der Waals surface area (Å²) in [5, 5.41) is 41.7. The molecule has 59 heavy (non-hydrogen) atoms. The number of aliphatic carboxylic acids is 5. The molecule has 0 spiro atoms. The van der Waals surface area contributed by atoms with Crippen LogP contribution >= 0.6 is 0 Å². The van der Waals surface area contributed by atoms with Gasteiger partial charge in [0, 0.05) is 32.1 Å². The third kappa shape index (κ3) is 92.1. The second-order valence-electron chi connectivity index (χ2n) is 16.0. The van der Waals surface area contributed by atoms with Gasteiger partial charge in [-0.25, -0.2) is 0 Å². The molecule has 0 atom stereocenters. The highest BCUT2D eigenvalue weighted by atomic mass is 16.4. The minimum Gasteiger partial charge on any atom is -0.481 e. The Morgan fingerprint density at radius 2 is 0.305 bits per heavy atom. The lowest BCUT2D eigenvalue weighted by Crippen LogP contribution is -1.93. The molecule has 0 saturated carbocycles. The van der Waals surface area contributed by atoms with E-state index in [4.69, 9.17) is 25.5 Å². The maximum atomic E-state index is 10.2. The summed E-state index contributed by atoms with van der Waals surface area (Å²) in [6, 6.07) is 0. The highest BCUT2D eigenvalue weighted by Gasteiger charge is 1.99. The second-order valence-corrected chi connectivity index (χ2v) is 16.0. The Hall–Kier alpha value is -2.65. The zero-order valence-electron chi connectivity index (χ0n) is 39.4. The van der Waals surface area contributed by atoms with Crippen LogP contribution in [0.4, 0.5) is 0 Å². The highest BCUT2D eigenvalue weighted by Crippen LogP contribution is 2.12. The third-order valence-corrected chi connectivity index (χ3v) is 9.72. The van der Waals surface area contributed by atoms with Gasteiger partial charge in [-0.1, -0.05) is 221 Å². The van der Waals surface area contributed by atoms with E-state index >= 15 is 0 Å². The molecule has 10 heteroatoms. The quantitative estimate of drug-likeness (QED) is 0.0373. The van der Waals surface area contributed by atoms with E-state index in [2.05, 4.69) is 34.6 Å². The molecule has 10 nitrogen and oxygen atoms in total. The van der Waals surface area contributed by atoms with Gasteiger partial charge in [-0.2, -0.15) is 0 Å². The smallest absolute Gasteiger partial charge is 0.303 e. The van der Waals surface area contributed by atoms with E-state index in [1.807, 2.05) is 0 Å². The van der Waals surface area contributed by atoms with E-state index in [-0.39, 0.29) is 0 Å². The molecule has 0 unspecified atom stereocenters. The van der Waals surface area contributed by atoms with Gasteiger partial charge in [-0.05, 0) is 32.1 Å². The van der Waals surface area contributed by atoms with Crippen LogP contribution in [-0.4, -0.2) is 55.4 Å². The summed E-state index contributed by atoms with van der Waals surface area (Å²) < 4.78 is 0. The van der Waals surface area contributed by atoms with Gasteiger partial charge in [0.2, 0.25) is 0 Å². The zero-order valence-corrected chi connectivity index (χ0v) is 39.4. The van der Waals surface area contributed by atoms with Crippen molar-refractivity contribution in [2.45, 2.75) is 285 Å². The van der Waals surface area contributed by atoms with E-state index < -0.39 is 29.8 Å². The lowest BCUT2D eigenvalue weighted by atomic mass is 10.1. The van der Waals surface area contributed by atoms with E-state index in [1.165, 1.54) is 148 Å². The summed E-state index contributed by atoms with van der Waals surface area (Å²) in [5.74, 6) is -3.33. The third-order valence-electron chi connectivity index (χ3n) is 9.72. The molecule has 5 N–H and O–H groups in total. The molecule has 0 aromatic rings. The summed E-state index contributed by atoms with van der Waals surface area (Å²) in [6.45, 7) is 10.9. The van der Waals surface area contributed by atoms with Crippen molar-refractivity contribution in [3.05, 3.63) is 0 Å². The van der Waals surface area contributed by atoms with Crippen LogP contribution in [0.3, 0.4) is 0 Å². The molecule has 0 aromatic heterocycles. The van der Waals surface area contributed by atoms with Crippen LogP contribution in [-0.2, 0) is 24.0 Å². The first kappa shape index (κ1) is 65.5. The summed E-state index contributed by atoms with van der Waals surface area (Å²) in [4.78, 5) is 50.5. The van der Waals surface area contributed by atoms with Crippen molar-refractivity contribution in [3.8, 4) is 0 Å². The average Bonchev–Trinajstić information content (AvgIpc) is 3.18. The summed E-state index contributed by atoms with van der Waals surface area (Å²) in [7, 11) is 0. The monoisotopic (exact) mass is 847 g/mol. The van der Waals surface area contributed by atoms with Crippen LogP contribution in [0.5, 0.6) is 0 Å². The van der Waals surface area contributed by atoms with Crippen molar-refractivity contribution >= 4 is 29.8 Å². The van der Waals surface area contributed by atoms with Crippen LogP contribution < -0.4 is 0 Å². The second kappa shape index (κ2) is 62.0. The van der Waals surface area contributed by atoms with Gasteiger partial charge in [-0.15, -0.1) is 0 Å². The van der Waals surface area contributed by atoms with Gasteiger partial charge in [0.15, 0.2) is 0 Å². The van der Waals surface area contributed by atoms with Crippen LogP contribution in [0.15, 0.2) is 0 Å². The molecule has 0 bridgehead atoms. The standard InChI is InChI=1S/C13H26O2.C11H22O2.C10H20O2.C8H16O2.C7H14O2/c1-2-3-4-5-6-7-8-9-10-11-12-13(14)15;1-2-3-4-5-6-7-8-9-10-11(12)13;1-2-3-4-5-6-7-8-9-10(11)12;1-2-3-4-5-6-7-8(9)10;1-2-3-4-5-6-7(8)9/h2-12H2,1H3,(H,14,15);2-10H2,1H3,(H,12,13);2-9H2,1H3,(H,11,12);2-7H2,1H3,(H,9,10);2-6H2,1H3,(H,8,9). The minimum absolute atomic E-state index is 0.333. The van der Waals surface area contributed by atoms with Gasteiger partial charge in [0.1, 0.15) is 0 Å². The molecular weight excluding hydrogens is 749 g/mol. The SMILES string of the molecule is CCCCCCC(=O)O.CCCCCCCC(=O)O.CCCCCCCCCC(=O)O.CCCCCCCCCCC(=O)O.CCCCCCCCCCCCC(=O)O. The molecule has 0 saturated heterocycles. The van der Waals surface area contributed by atoms with Gasteiger partial charge in [-0.3, -0.25) is 24.0 Å². The molecule has 354 valence electrons. The minimum atomic E-state index is -0.675. The Morgan fingerprint density at radius 1 is 0.203 bits per heavy atom. The van der Waals surface area contributed by atoms with Crippen molar-refractivity contribution in [2.24, 2.45) is 0 Å². The topological polar surface area (TPSA) is 186 Å². The molecule has 0 aliphatic heterocycles. The molecule has 0 aliphatic carbocycles. The number of carboxylic acid groups (broad SMARTS) is 5. The fourth-order valence-electron chi connectivity index (χ4n) is 5.99. The van der Waals surface area contributed by atoms with Gasteiger partial charge >= 0.3 is 29.8 Å². The normalized spacial score (nSPS) is 10.1. The Balaban J connectivity index is -0.000000208. The Morgan fingerprint density at radius 3 is 0.424 bits per heavy atom. The van der Waals surface area contributed by atoms with Crippen molar-refractivity contribution < 1.29 is 49.5 Å². The average molecular weight is 847 g/mol. The van der Waals surface area contributed by atoms with Crippen LogP contribution in [0, 0.1) is 0 Å². The molecular formula is C49H98O10. The molecule has 0 aliphatic rings. The van der Waals surface area contributed by atoms with Gasteiger partial charge in [0.25, 0.3) is 0 Å². The molecule has 0 radical (unpaired) electrons. The first-order valence-electron chi connectivity index (χ1n) is 24.4. The van der Waals surface area contributed by atoms with Gasteiger partial charge in [0.05, 0.1) is 0 Å². The summed E-state index contributed by atoms with van der Waals surface area (Å²) in [5.41, 5.74) is 0. The molecule has 0 amide bonds. The molecule has 0 fully saturated rings. The van der Waals surface area contributed by atoms with E-state index in [1.54, 1.807) is 0 Å². The van der Waals surface area contributed by atoms with Crippen LogP contribution in [0.1, 0.15) is 285 Å². The lowest BCUT2D eigenvalue weighted by Gasteiger charge is -2.01. The van der Waals surface area contributed by atoms with E-state index in [0.29, 0.717) is 32.1 Å². The van der Waals surface area contributed by atoms with E-state index in [0.717, 1.165) is 70.6 Å². The Kier molecular flexibility index (Phi) is 68.8. The Labute approximate surface area is 363 Å². The predicted molar refractivity (Wildman–Crippen MR) is 247 cm³/mol. The van der Waals surface area contributed by atoms with Crippen molar-refractivity contribution in [1.29, 1.82) is 0 Å². The fraction of sp³-hybridized carbons (Fsp3) is 0.898. The predicted octanol–water partition coefficient (Wildman–Crippen LogP) is 15.7. The van der Waals surface area contributed by atoms with Crippen LogP contribution in [0.25, 0.3) is 0 Å². The molecule has 0 rings (SSSR count). The van der Waals surface area contributed by atoms with Gasteiger partial charge < -0.3 is 25.5 Å². The molecule has 0 aromatic carbocycles. The fourth-order valence-corrected chi connectivity index (χ4v) is 5.99. The number of rotatable bonds is 39. The Bertz CT molecular complexity index is 862. The largest absolute Gasteiger partial charge is 0.481 e. The number of unbranched alkanes of at least 4 members (excludes halogenated alkanes) is 29. The van der Waals surface area contributed by atoms with Crippen molar-refractivity contribution in [3.63, 3.8) is 0 Å². The number of carbonyl (C=O) groups is 5. The van der Waals surface area contributed by atoms with Crippen LogP contribution in [0.2, 0.25) is 0 Å². The number of hydrogen-bond acceptors (Lipinski definition) is 5. The maximum absolute atomic E-state index is 10.2. The number of hydrogen-bond donors (Lipinski definition) is 5. The maximum Gasteiger partial charge on any atom is 0.303 e. The van der Waals surface area contributed by atoms with Crippen molar-refractivity contribution in [1.82, 2.24) is 0 Å².